The second-order valence-corrected chi connectivity index (χ2v) is 4.02. The van der Waals surface area contributed by atoms with Crippen molar-refractivity contribution in [2.45, 2.75) is 45.4 Å². The summed E-state index contributed by atoms with van der Waals surface area (Å²) in [6.45, 7) is 2.26. The number of benzene rings is 1. The molecule has 0 amide bonds. The van der Waals surface area contributed by atoms with Crippen LogP contribution < -0.4 is 0 Å². The molecule has 0 heteroatoms. The zero-order chi connectivity index (χ0) is 10.8. The molecule has 0 aliphatic heterocycles. The van der Waals surface area contributed by atoms with Crippen LogP contribution in [0.3, 0.4) is 0 Å². The fourth-order valence-electron chi connectivity index (χ4n) is 1.65. The third kappa shape index (κ3) is 6.11. The monoisotopic (exact) mass is 202 g/mol. The summed E-state index contributed by atoms with van der Waals surface area (Å²) in [5.41, 5.74) is 1.31. The minimum absolute atomic E-state index is 1.22. The zero-order valence-corrected chi connectivity index (χ0v) is 9.78. The van der Waals surface area contributed by atoms with Gasteiger partial charge in [-0.05, 0) is 18.4 Å². The van der Waals surface area contributed by atoms with Gasteiger partial charge in [0, 0.05) is 0 Å². The average molecular weight is 202 g/mol. The fraction of sp³-hybridized carbons (Fsp3) is 0.467. The summed E-state index contributed by atoms with van der Waals surface area (Å²) < 4.78 is 0. The van der Waals surface area contributed by atoms with Crippen molar-refractivity contribution in [3.8, 4) is 0 Å². The molecule has 0 aliphatic rings. The summed E-state index contributed by atoms with van der Waals surface area (Å²) in [7, 11) is 0. The van der Waals surface area contributed by atoms with E-state index in [1.165, 1.54) is 44.1 Å². The summed E-state index contributed by atoms with van der Waals surface area (Å²) in [5, 5.41) is 0. The molecule has 0 aromatic heterocycles. The highest BCUT2D eigenvalue weighted by Crippen LogP contribution is 2.07. The van der Waals surface area contributed by atoms with E-state index in [-0.39, 0.29) is 0 Å². The molecule has 1 aromatic rings. The zero-order valence-electron chi connectivity index (χ0n) is 9.78. The minimum Gasteiger partial charge on any atom is -0.0839 e. The molecule has 1 rings (SSSR count). The molecule has 0 radical (unpaired) electrons. The normalized spacial score (nSPS) is 11.0. The number of allylic oxidation sites excluding steroid dienone is 1. The Morgan fingerprint density at radius 2 is 1.67 bits per heavy atom. The van der Waals surface area contributed by atoms with Gasteiger partial charge in [-0.1, -0.05) is 75.1 Å². The van der Waals surface area contributed by atoms with E-state index in [4.69, 9.17) is 0 Å². The molecule has 0 atom stereocenters. The van der Waals surface area contributed by atoms with Gasteiger partial charge in [0.15, 0.2) is 0 Å². The van der Waals surface area contributed by atoms with Gasteiger partial charge in [-0.2, -0.15) is 0 Å². The standard InChI is InChI=1S/C15H22/c1-2-3-4-5-6-7-9-12-15-13-10-8-11-14-15/h8-14H,2-7H2,1H3/b12-9-. The van der Waals surface area contributed by atoms with Crippen LogP contribution in [0.1, 0.15) is 51.0 Å². The van der Waals surface area contributed by atoms with Crippen LogP contribution in [-0.4, -0.2) is 0 Å². The molecular formula is C15H22. The summed E-state index contributed by atoms with van der Waals surface area (Å²) >= 11 is 0. The number of hydrogen-bond donors (Lipinski definition) is 0. The largest absolute Gasteiger partial charge is 0.0839 e. The van der Waals surface area contributed by atoms with E-state index in [0.717, 1.165) is 0 Å². The van der Waals surface area contributed by atoms with Crippen LogP contribution in [0, 0.1) is 0 Å². The lowest BCUT2D eigenvalue weighted by Gasteiger charge is -1.96. The Kier molecular flexibility index (Phi) is 6.64. The van der Waals surface area contributed by atoms with Crippen LogP contribution in [0.2, 0.25) is 0 Å². The van der Waals surface area contributed by atoms with Crippen molar-refractivity contribution in [1.82, 2.24) is 0 Å². The highest BCUT2D eigenvalue weighted by molar-refractivity contribution is 5.48. The Hall–Kier alpha value is -1.04. The smallest absolute Gasteiger partial charge is 0.0260 e. The maximum Gasteiger partial charge on any atom is -0.0260 e. The first-order valence-corrected chi connectivity index (χ1v) is 6.15. The first-order chi connectivity index (χ1) is 7.43. The predicted octanol–water partition coefficient (Wildman–Crippen LogP) is 5.06. The second-order valence-electron chi connectivity index (χ2n) is 4.02. The van der Waals surface area contributed by atoms with Crippen LogP contribution in [0.15, 0.2) is 36.4 Å². The van der Waals surface area contributed by atoms with Gasteiger partial charge in [0.2, 0.25) is 0 Å². The maximum absolute atomic E-state index is 2.29. The van der Waals surface area contributed by atoms with E-state index in [9.17, 15) is 0 Å². The molecule has 0 saturated carbocycles. The molecule has 82 valence electrons. The van der Waals surface area contributed by atoms with E-state index in [1.54, 1.807) is 0 Å². The lowest BCUT2D eigenvalue weighted by Crippen LogP contribution is -1.76. The minimum atomic E-state index is 1.22. The van der Waals surface area contributed by atoms with Crippen molar-refractivity contribution in [3.05, 3.63) is 42.0 Å². The van der Waals surface area contributed by atoms with Crippen molar-refractivity contribution >= 4 is 6.08 Å². The molecule has 0 unspecified atom stereocenters. The van der Waals surface area contributed by atoms with Gasteiger partial charge in [0.1, 0.15) is 0 Å². The summed E-state index contributed by atoms with van der Waals surface area (Å²) in [4.78, 5) is 0. The van der Waals surface area contributed by atoms with Gasteiger partial charge >= 0.3 is 0 Å². The van der Waals surface area contributed by atoms with Crippen molar-refractivity contribution in [2.75, 3.05) is 0 Å². The van der Waals surface area contributed by atoms with Crippen molar-refractivity contribution in [2.24, 2.45) is 0 Å². The van der Waals surface area contributed by atoms with Crippen molar-refractivity contribution in [1.29, 1.82) is 0 Å². The number of rotatable bonds is 7. The molecule has 0 saturated heterocycles. The quantitative estimate of drug-likeness (QED) is 0.542. The topological polar surface area (TPSA) is 0 Å². The first-order valence-electron chi connectivity index (χ1n) is 6.15. The Morgan fingerprint density at radius 1 is 0.933 bits per heavy atom. The molecule has 0 nitrogen and oxygen atoms in total. The fourth-order valence-corrected chi connectivity index (χ4v) is 1.65. The van der Waals surface area contributed by atoms with Gasteiger partial charge < -0.3 is 0 Å². The third-order valence-electron chi connectivity index (χ3n) is 2.58. The summed E-state index contributed by atoms with van der Waals surface area (Å²) in [5.74, 6) is 0. The third-order valence-corrected chi connectivity index (χ3v) is 2.58. The summed E-state index contributed by atoms with van der Waals surface area (Å²) in [6.07, 6.45) is 12.6. The van der Waals surface area contributed by atoms with Crippen LogP contribution in [0.5, 0.6) is 0 Å². The van der Waals surface area contributed by atoms with Gasteiger partial charge in [-0.3, -0.25) is 0 Å². The predicted molar refractivity (Wildman–Crippen MR) is 68.9 cm³/mol. The van der Waals surface area contributed by atoms with Gasteiger partial charge in [-0.25, -0.2) is 0 Å². The Balaban J connectivity index is 2.07. The van der Waals surface area contributed by atoms with Crippen molar-refractivity contribution in [3.63, 3.8) is 0 Å². The van der Waals surface area contributed by atoms with Crippen molar-refractivity contribution < 1.29 is 0 Å². The molecule has 0 fully saturated rings. The average Bonchev–Trinajstić information content (AvgIpc) is 2.29. The molecule has 0 bridgehead atoms. The molecule has 1 aromatic carbocycles. The highest BCUT2D eigenvalue weighted by atomic mass is 13.9. The molecular weight excluding hydrogens is 180 g/mol. The van der Waals surface area contributed by atoms with Gasteiger partial charge in [0.25, 0.3) is 0 Å². The maximum atomic E-state index is 2.29. The summed E-state index contributed by atoms with van der Waals surface area (Å²) in [6, 6.07) is 10.5. The molecule has 0 N–H and O–H groups in total. The van der Waals surface area contributed by atoms with E-state index in [2.05, 4.69) is 49.4 Å². The lowest BCUT2D eigenvalue weighted by molar-refractivity contribution is 0.638. The molecule has 0 spiro atoms. The Labute approximate surface area is 94.0 Å². The SMILES string of the molecule is CCCCCCC/C=C\c1ccccc1. The Bertz CT molecular complexity index is 259. The van der Waals surface area contributed by atoms with E-state index in [0.29, 0.717) is 0 Å². The second kappa shape index (κ2) is 8.28. The van der Waals surface area contributed by atoms with Gasteiger partial charge in [-0.15, -0.1) is 0 Å². The number of unbranched alkanes of at least 4 members (excludes halogenated alkanes) is 5. The van der Waals surface area contributed by atoms with E-state index in [1.807, 2.05) is 0 Å². The molecule has 0 aliphatic carbocycles. The first kappa shape index (κ1) is 12.0. The van der Waals surface area contributed by atoms with E-state index < -0.39 is 0 Å². The van der Waals surface area contributed by atoms with E-state index >= 15 is 0 Å². The van der Waals surface area contributed by atoms with Gasteiger partial charge in [0.05, 0.1) is 0 Å². The number of hydrogen-bond acceptors (Lipinski definition) is 0. The van der Waals surface area contributed by atoms with Crippen LogP contribution >= 0.6 is 0 Å². The van der Waals surface area contributed by atoms with Crippen LogP contribution in [-0.2, 0) is 0 Å². The lowest BCUT2D eigenvalue weighted by atomic mass is 10.1. The van der Waals surface area contributed by atoms with Crippen LogP contribution in [0.25, 0.3) is 6.08 Å². The molecule has 15 heavy (non-hydrogen) atoms. The highest BCUT2D eigenvalue weighted by Gasteiger charge is 1.87. The molecule has 0 heterocycles. The van der Waals surface area contributed by atoms with Crippen LogP contribution in [0.4, 0.5) is 0 Å². The Morgan fingerprint density at radius 3 is 2.40 bits per heavy atom.